The molecule has 0 radical (unpaired) electrons. The van der Waals surface area contributed by atoms with Crippen LogP contribution in [0.5, 0.6) is 0 Å². The fourth-order valence-corrected chi connectivity index (χ4v) is 1.60. The molecule has 2 rings (SSSR count). The van der Waals surface area contributed by atoms with Crippen molar-refractivity contribution in [3.63, 3.8) is 0 Å². The van der Waals surface area contributed by atoms with Crippen molar-refractivity contribution < 1.29 is 0 Å². The first-order valence-electron chi connectivity index (χ1n) is 4.07. The van der Waals surface area contributed by atoms with Crippen LogP contribution < -0.4 is 5.43 Å². The minimum atomic E-state index is 0.0760. The molecule has 0 saturated heterocycles. The number of benzene rings is 1. The summed E-state index contributed by atoms with van der Waals surface area (Å²) in [6.45, 7) is 0. The molecule has 0 bridgehead atoms. The van der Waals surface area contributed by atoms with Crippen molar-refractivity contribution in [3.05, 3.63) is 29.8 Å². The van der Waals surface area contributed by atoms with E-state index in [0.29, 0.717) is 0 Å². The van der Waals surface area contributed by atoms with Crippen LogP contribution in [0.3, 0.4) is 0 Å². The first kappa shape index (κ1) is 8.59. The lowest BCUT2D eigenvalue weighted by Gasteiger charge is -2.17. The van der Waals surface area contributed by atoms with Crippen LogP contribution in [0.25, 0.3) is 0 Å². The molecule has 1 aromatic rings. The van der Waals surface area contributed by atoms with Crippen molar-refractivity contribution in [2.45, 2.75) is 11.1 Å². The molecular weight excluding hydrogens is 182 g/mol. The Bertz CT molecular complexity index is 337. The van der Waals surface area contributed by atoms with Gasteiger partial charge in [0.05, 0.1) is 6.34 Å². The molecule has 0 spiro atoms. The summed E-state index contributed by atoms with van der Waals surface area (Å²) >= 11 is 4.29. The quantitative estimate of drug-likeness (QED) is 0.661. The zero-order valence-corrected chi connectivity index (χ0v) is 8.20. The molecule has 0 saturated carbocycles. The number of hydrogen-bond acceptors (Lipinski definition) is 4. The molecule has 3 nitrogen and oxygen atoms in total. The average Bonchev–Trinajstić information content (AvgIpc) is 2.51. The summed E-state index contributed by atoms with van der Waals surface area (Å²) in [5.74, 6) is 0. The van der Waals surface area contributed by atoms with E-state index in [4.69, 9.17) is 0 Å². The van der Waals surface area contributed by atoms with Crippen molar-refractivity contribution >= 4 is 19.0 Å². The Hall–Kier alpha value is -1.00. The van der Waals surface area contributed by atoms with Gasteiger partial charge in [-0.2, -0.15) is 5.01 Å². The largest absolute Gasteiger partial charge is 0.307 e. The van der Waals surface area contributed by atoms with Gasteiger partial charge in [-0.25, -0.2) is 4.99 Å². The normalized spacial score (nSPS) is 21.8. The monoisotopic (exact) mass is 193 g/mol. The molecule has 1 atom stereocenters. The summed E-state index contributed by atoms with van der Waals surface area (Å²) in [5, 5.41) is 1.95. The molecule has 1 aliphatic heterocycles. The van der Waals surface area contributed by atoms with Gasteiger partial charge in [0.25, 0.3) is 0 Å². The maximum absolute atomic E-state index is 4.29. The van der Waals surface area contributed by atoms with E-state index < -0.39 is 0 Å². The molecule has 1 heterocycles. The lowest BCUT2D eigenvalue weighted by molar-refractivity contribution is 0.244. The molecule has 0 aromatic heterocycles. The van der Waals surface area contributed by atoms with Gasteiger partial charge in [-0.05, 0) is 17.7 Å². The number of hydrogen-bond donors (Lipinski definition) is 2. The lowest BCUT2D eigenvalue weighted by atomic mass is 10.2. The van der Waals surface area contributed by atoms with Crippen LogP contribution >= 0.6 is 12.6 Å². The SMILES string of the molecule is CN1NC=NC1c1cccc(S)c1. The van der Waals surface area contributed by atoms with Gasteiger partial charge in [0.1, 0.15) is 6.17 Å². The summed E-state index contributed by atoms with van der Waals surface area (Å²) in [7, 11) is 1.96. The minimum Gasteiger partial charge on any atom is -0.307 e. The highest BCUT2D eigenvalue weighted by atomic mass is 32.1. The Morgan fingerprint density at radius 3 is 3.00 bits per heavy atom. The fourth-order valence-electron chi connectivity index (χ4n) is 1.36. The summed E-state index contributed by atoms with van der Waals surface area (Å²) in [6.07, 6.45) is 1.78. The van der Waals surface area contributed by atoms with E-state index in [1.165, 1.54) is 0 Å². The molecule has 1 aromatic carbocycles. The van der Waals surface area contributed by atoms with Crippen LogP contribution in [0.15, 0.2) is 34.2 Å². The van der Waals surface area contributed by atoms with Gasteiger partial charge >= 0.3 is 0 Å². The summed E-state index contributed by atoms with van der Waals surface area (Å²) < 4.78 is 0. The van der Waals surface area contributed by atoms with E-state index >= 15 is 0 Å². The molecule has 4 heteroatoms. The third-order valence-electron chi connectivity index (χ3n) is 2.01. The number of aliphatic imine (C=N–C) groups is 1. The third-order valence-corrected chi connectivity index (χ3v) is 2.29. The minimum absolute atomic E-state index is 0.0760. The van der Waals surface area contributed by atoms with Gasteiger partial charge in [-0.3, -0.25) is 0 Å². The smallest absolute Gasteiger partial charge is 0.146 e. The van der Waals surface area contributed by atoms with E-state index in [1.807, 2.05) is 36.3 Å². The number of hydrazine groups is 1. The Kier molecular flexibility index (Phi) is 2.24. The Labute approximate surface area is 82.9 Å². The van der Waals surface area contributed by atoms with Crippen molar-refractivity contribution in [1.82, 2.24) is 10.4 Å². The van der Waals surface area contributed by atoms with Crippen LogP contribution in [0.2, 0.25) is 0 Å². The van der Waals surface area contributed by atoms with Crippen LogP contribution in [-0.4, -0.2) is 18.4 Å². The highest BCUT2D eigenvalue weighted by Crippen LogP contribution is 2.23. The molecule has 1 N–H and O–H groups in total. The van der Waals surface area contributed by atoms with E-state index in [-0.39, 0.29) is 6.17 Å². The Balaban J connectivity index is 2.29. The number of nitrogens with one attached hydrogen (secondary N) is 1. The highest BCUT2D eigenvalue weighted by Gasteiger charge is 2.18. The zero-order chi connectivity index (χ0) is 9.26. The maximum atomic E-state index is 4.29. The summed E-state index contributed by atoms with van der Waals surface area (Å²) in [5.41, 5.74) is 4.15. The molecule has 1 aliphatic rings. The Morgan fingerprint density at radius 2 is 2.38 bits per heavy atom. The molecule has 13 heavy (non-hydrogen) atoms. The zero-order valence-electron chi connectivity index (χ0n) is 7.31. The maximum Gasteiger partial charge on any atom is 0.146 e. The Morgan fingerprint density at radius 1 is 1.54 bits per heavy atom. The second-order valence-electron chi connectivity index (χ2n) is 2.99. The van der Waals surface area contributed by atoms with E-state index in [0.717, 1.165) is 10.5 Å². The van der Waals surface area contributed by atoms with Crippen molar-refractivity contribution in [3.8, 4) is 0 Å². The predicted molar refractivity (Wildman–Crippen MR) is 55.8 cm³/mol. The van der Waals surface area contributed by atoms with Gasteiger partial charge in [-0.1, -0.05) is 12.1 Å². The molecule has 0 fully saturated rings. The molecule has 68 valence electrons. The van der Waals surface area contributed by atoms with Gasteiger partial charge in [-0.15, -0.1) is 12.6 Å². The van der Waals surface area contributed by atoms with E-state index in [1.54, 1.807) is 6.34 Å². The van der Waals surface area contributed by atoms with Crippen LogP contribution in [-0.2, 0) is 0 Å². The molecular formula is C9H11N3S. The van der Waals surface area contributed by atoms with Gasteiger partial charge in [0.15, 0.2) is 0 Å². The second-order valence-corrected chi connectivity index (χ2v) is 3.50. The van der Waals surface area contributed by atoms with Gasteiger partial charge in [0.2, 0.25) is 0 Å². The van der Waals surface area contributed by atoms with E-state index in [9.17, 15) is 0 Å². The topological polar surface area (TPSA) is 27.6 Å². The first-order chi connectivity index (χ1) is 6.27. The van der Waals surface area contributed by atoms with Gasteiger partial charge in [0, 0.05) is 11.9 Å². The van der Waals surface area contributed by atoms with Crippen molar-refractivity contribution in [2.75, 3.05) is 7.05 Å². The van der Waals surface area contributed by atoms with Crippen LogP contribution in [0, 0.1) is 0 Å². The fraction of sp³-hybridized carbons (Fsp3) is 0.222. The lowest BCUT2D eigenvalue weighted by Crippen LogP contribution is -2.29. The highest BCUT2D eigenvalue weighted by molar-refractivity contribution is 7.80. The first-order valence-corrected chi connectivity index (χ1v) is 4.51. The number of nitrogens with zero attached hydrogens (tertiary/aromatic N) is 2. The van der Waals surface area contributed by atoms with Crippen LogP contribution in [0.1, 0.15) is 11.7 Å². The molecule has 0 amide bonds. The van der Waals surface area contributed by atoms with Crippen molar-refractivity contribution in [2.24, 2.45) is 4.99 Å². The van der Waals surface area contributed by atoms with Crippen molar-refractivity contribution in [1.29, 1.82) is 0 Å². The van der Waals surface area contributed by atoms with Gasteiger partial charge < -0.3 is 5.43 Å². The summed E-state index contributed by atoms with van der Waals surface area (Å²) in [4.78, 5) is 5.25. The third kappa shape index (κ3) is 1.68. The average molecular weight is 193 g/mol. The van der Waals surface area contributed by atoms with Crippen LogP contribution in [0.4, 0.5) is 0 Å². The predicted octanol–water partition coefficient (Wildman–Crippen LogP) is 1.45. The number of thiol groups is 1. The summed E-state index contributed by atoms with van der Waals surface area (Å²) in [6, 6.07) is 8.01. The second kappa shape index (κ2) is 3.40. The standard InChI is InChI=1S/C9H11N3S/c1-12-9(10-6-11-12)7-3-2-4-8(13)5-7/h2-6,9,13H,1H3,(H,10,11). The molecule has 1 unspecified atom stereocenters. The molecule has 0 aliphatic carbocycles. The van der Waals surface area contributed by atoms with E-state index in [2.05, 4.69) is 23.0 Å². The number of rotatable bonds is 1.